The first-order chi connectivity index (χ1) is 6.31. The van der Waals surface area contributed by atoms with Crippen LogP contribution >= 0.6 is 11.3 Å². The average Bonchev–Trinajstić information content (AvgIpc) is 2.59. The van der Waals surface area contributed by atoms with E-state index in [0.717, 1.165) is 17.7 Å². The molecule has 2 rings (SSSR count). The Labute approximate surface area is 82.4 Å². The Morgan fingerprint density at radius 2 is 2.23 bits per heavy atom. The fourth-order valence-electron chi connectivity index (χ4n) is 1.73. The standard InChI is InChI=1S/C11H12OS/c1-2-9(12)11-7-8-5-3-4-6-10(8)13-11/h1,7,9,12H,3-6H2. The van der Waals surface area contributed by atoms with Gasteiger partial charge < -0.3 is 5.11 Å². The highest BCUT2D eigenvalue weighted by molar-refractivity contribution is 7.12. The molecule has 0 fully saturated rings. The Bertz CT molecular complexity index is 322. The zero-order chi connectivity index (χ0) is 9.26. The van der Waals surface area contributed by atoms with Crippen LogP contribution in [0.5, 0.6) is 0 Å². The number of aliphatic hydroxyl groups is 1. The molecule has 1 heterocycles. The van der Waals surface area contributed by atoms with E-state index in [2.05, 4.69) is 12.0 Å². The lowest BCUT2D eigenvalue weighted by molar-refractivity contribution is 0.242. The fraction of sp³-hybridized carbons (Fsp3) is 0.455. The Morgan fingerprint density at radius 1 is 1.46 bits per heavy atom. The summed E-state index contributed by atoms with van der Waals surface area (Å²) in [6.45, 7) is 0. The van der Waals surface area contributed by atoms with Crippen LogP contribution in [0.15, 0.2) is 6.07 Å². The van der Waals surface area contributed by atoms with Crippen LogP contribution in [0.2, 0.25) is 0 Å². The first-order valence-electron chi connectivity index (χ1n) is 4.57. The van der Waals surface area contributed by atoms with Crippen molar-refractivity contribution in [3.8, 4) is 12.3 Å². The van der Waals surface area contributed by atoms with Gasteiger partial charge in [-0.05, 0) is 37.3 Å². The van der Waals surface area contributed by atoms with Crippen LogP contribution in [-0.2, 0) is 12.8 Å². The second-order valence-electron chi connectivity index (χ2n) is 3.37. The molecular formula is C11H12OS. The van der Waals surface area contributed by atoms with Crippen LogP contribution in [-0.4, -0.2) is 5.11 Å². The smallest absolute Gasteiger partial charge is 0.149 e. The van der Waals surface area contributed by atoms with E-state index in [-0.39, 0.29) is 0 Å². The molecule has 13 heavy (non-hydrogen) atoms. The zero-order valence-electron chi connectivity index (χ0n) is 7.42. The van der Waals surface area contributed by atoms with Crippen LogP contribution in [0, 0.1) is 12.3 Å². The summed E-state index contributed by atoms with van der Waals surface area (Å²) in [6, 6.07) is 2.07. The topological polar surface area (TPSA) is 20.2 Å². The molecule has 0 radical (unpaired) electrons. The maximum absolute atomic E-state index is 9.45. The molecule has 0 amide bonds. The predicted molar refractivity (Wildman–Crippen MR) is 54.8 cm³/mol. The van der Waals surface area contributed by atoms with Gasteiger partial charge in [-0.3, -0.25) is 0 Å². The summed E-state index contributed by atoms with van der Waals surface area (Å²) in [5.41, 5.74) is 1.40. The normalized spacial score (nSPS) is 17.5. The third-order valence-electron chi connectivity index (χ3n) is 2.44. The molecule has 0 spiro atoms. The summed E-state index contributed by atoms with van der Waals surface area (Å²) in [7, 11) is 0. The van der Waals surface area contributed by atoms with Gasteiger partial charge in [-0.25, -0.2) is 0 Å². The summed E-state index contributed by atoms with van der Waals surface area (Å²) < 4.78 is 0. The zero-order valence-corrected chi connectivity index (χ0v) is 8.23. The molecule has 0 saturated heterocycles. The summed E-state index contributed by atoms with van der Waals surface area (Å²) in [6.07, 6.45) is 9.34. The molecular weight excluding hydrogens is 180 g/mol. The molecule has 1 N–H and O–H groups in total. The lowest BCUT2D eigenvalue weighted by Crippen LogP contribution is -1.96. The molecule has 0 aliphatic heterocycles. The summed E-state index contributed by atoms with van der Waals surface area (Å²) >= 11 is 1.68. The van der Waals surface area contributed by atoms with Gasteiger partial charge >= 0.3 is 0 Å². The molecule has 1 atom stereocenters. The number of aliphatic hydroxyl groups excluding tert-OH is 1. The Balaban J connectivity index is 2.31. The lowest BCUT2D eigenvalue weighted by atomic mass is 9.99. The van der Waals surface area contributed by atoms with Gasteiger partial charge in [0.1, 0.15) is 6.10 Å². The molecule has 1 aliphatic rings. The van der Waals surface area contributed by atoms with Gasteiger partial charge in [-0.2, -0.15) is 0 Å². The molecule has 0 aromatic carbocycles. The van der Waals surface area contributed by atoms with Crippen molar-refractivity contribution in [2.45, 2.75) is 31.8 Å². The number of thiophene rings is 1. The molecule has 0 bridgehead atoms. The van der Waals surface area contributed by atoms with E-state index in [4.69, 9.17) is 6.42 Å². The second-order valence-corrected chi connectivity index (χ2v) is 4.54. The molecule has 68 valence electrons. The van der Waals surface area contributed by atoms with Crippen molar-refractivity contribution in [3.05, 3.63) is 21.4 Å². The van der Waals surface area contributed by atoms with Crippen molar-refractivity contribution in [2.24, 2.45) is 0 Å². The Hall–Kier alpha value is -0.780. The van der Waals surface area contributed by atoms with Gasteiger partial charge in [0.2, 0.25) is 0 Å². The quantitative estimate of drug-likeness (QED) is 0.677. The van der Waals surface area contributed by atoms with Gasteiger partial charge in [0, 0.05) is 9.75 Å². The van der Waals surface area contributed by atoms with E-state index >= 15 is 0 Å². The van der Waals surface area contributed by atoms with Gasteiger partial charge in [0.25, 0.3) is 0 Å². The van der Waals surface area contributed by atoms with Crippen LogP contribution in [0.25, 0.3) is 0 Å². The van der Waals surface area contributed by atoms with Gasteiger partial charge in [-0.1, -0.05) is 5.92 Å². The van der Waals surface area contributed by atoms with Crippen LogP contribution in [0.4, 0.5) is 0 Å². The predicted octanol–water partition coefficient (Wildman–Crippen LogP) is 2.29. The first kappa shape index (κ1) is 8.80. The number of terminal acetylenes is 1. The summed E-state index contributed by atoms with van der Waals surface area (Å²) in [5.74, 6) is 2.36. The van der Waals surface area contributed by atoms with Crippen molar-refractivity contribution < 1.29 is 5.11 Å². The molecule has 1 aromatic rings. The number of hydrogen-bond donors (Lipinski definition) is 1. The molecule has 1 aromatic heterocycles. The van der Waals surface area contributed by atoms with E-state index in [1.807, 2.05) is 0 Å². The Kier molecular flexibility index (Phi) is 2.39. The molecule has 2 heteroatoms. The maximum atomic E-state index is 9.45. The monoisotopic (exact) mass is 192 g/mol. The maximum Gasteiger partial charge on any atom is 0.149 e. The van der Waals surface area contributed by atoms with Gasteiger partial charge in [-0.15, -0.1) is 17.8 Å². The van der Waals surface area contributed by atoms with Crippen LogP contribution in [0.1, 0.15) is 34.3 Å². The summed E-state index contributed by atoms with van der Waals surface area (Å²) in [4.78, 5) is 2.37. The minimum Gasteiger partial charge on any atom is -0.375 e. The molecule has 1 nitrogen and oxygen atoms in total. The van der Waals surface area contributed by atoms with Crippen molar-refractivity contribution >= 4 is 11.3 Å². The number of aryl methyl sites for hydroxylation is 2. The second kappa shape index (κ2) is 3.53. The summed E-state index contributed by atoms with van der Waals surface area (Å²) in [5, 5.41) is 9.45. The van der Waals surface area contributed by atoms with Gasteiger partial charge in [0.05, 0.1) is 0 Å². The minimum absolute atomic E-state index is 0.699. The average molecular weight is 192 g/mol. The highest BCUT2D eigenvalue weighted by Crippen LogP contribution is 2.32. The van der Waals surface area contributed by atoms with E-state index in [9.17, 15) is 5.11 Å². The molecule has 0 saturated carbocycles. The van der Waals surface area contributed by atoms with Gasteiger partial charge in [0.15, 0.2) is 0 Å². The minimum atomic E-state index is -0.699. The molecule has 1 aliphatic carbocycles. The van der Waals surface area contributed by atoms with E-state index in [0.29, 0.717) is 0 Å². The van der Waals surface area contributed by atoms with Crippen molar-refractivity contribution in [1.82, 2.24) is 0 Å². The highest BCUT2D eigenvalue weighted by atomic mass is 32.1. The van der Waals surface area contributed by atoms with E-state index in [1.54, 1.807) is 11.3 Å². The number of rotatable bonds is 1. The largest absolute Gasteiger partial charge is 0.375 e. The lowest BCUT2D eigenvalue weighted by Gasteiger charge is -2.08. The fourth-order valence-corrected chi connectivity index (χ4v) is 2.93. The number of fused-ring (bicyclic) bond motifs is 1. The Morgan fingerprint density at radius 3 is 2.92 bits per heavy atom. The van der Waals surface area contributed by atoms with Crippen molar-refractivity contribution in [2.75, 3.05) is 0 Å². The van der Waals surface area contributed by atoms with Crippen molar-refractivity contribution in [1.29, 1.82) is 0 Å². The third-order valence-corrected chi connectivity index (χ3v) is 3.73. The SMILES string of the molecule is C#CC(O)c1cc2c(s1)CCCC2. The van der Waals surface area contributed by atoms with E-state index < -0.39 is 6.10 Å². The molecule has 1 unspecified atom stereocenters. The third kappa shape index (κ3) is 1.63. The van der Waals surface area contributed by atoms with E-state index in [1.165, 1.54) is 23.3 Å². The van der Waals surface area contributed by atoms with Crippen LogP contribution < -0.4 is 0 Å². The first-order valence-corrected chi connectivity index (χ1v) is 5.38. The van der Waals surface area contributed by atoms with Crippen LogP contribution in [0.3, 0.4) is 0 Å². The number of hydrogen-bond acceptors (Lipinski definition) is 2. The highest BCUT2D eigenvalue weighted by Gasteiger charge is 2.15. The van der Waals surface area contributed by atoms with Crippen molar-refractivity contribution in [3.63, 3.8) is 0 Å².